The Bertz CT molecular complexity index is 754. The molecule has 8 nitrogen and oxygen atoms in total. The topological polar surface area (TPSA) is 79.4 Å². The van der Waals surface area contributed by atoms with E-state index in [0.29, 0.717) is 24.2 Å². The van der Waals surface area contributed by atoms with Crippen LogP contribution in [0.3, 0.4) is 0 Å². The minimum Gasteiger partial charge on any atom is -0.468 e. The van der Waals surface area contributed by atoms with E-state index in [4.69, 9.17) is 4.42 Å². The molecule has 2 aliphatic heterocycles. The van der Waals surface area contributed by atoms with Crippen LogP contribution in [0.5, 0.6) is 0 Å². The highest BCUT2D eigenvalue weighted by molar-refractivity contribution is 5.90. The molecule has 4 heterocycles. The Labute approximate surface area is 153 Å². The molecule has 0 saturated carbocycles. The van der Waals surface area contributed by atoms with Gasteiger partial charge in [-0.05, 0) is 38.1 Å². The number of likely N-dealkylation sites (tertiary alicyclic amines) is 1. The van der Waals surface area contributed by atoms with Gasteiger partial charge in [0.15, 0.2) is 0 Å². The summed E-state index contributed by atoms with van der Waals surface area (Å²) in [5.41, 5.74) is 0. The molecule has 0 spiro atoms. The van der Waals surface area contributed by atoms with E-state index in [1.807, 2.05) is 35.7 Å². The zero-order valence-electron chi connectivity index (χ0n) is 15.4. The number of amides is 1. The molecule has 2 atom stereocenters. The third-order valence-electron chi connectivity index (χ3n) is 5.35. The number of carbonyl (C=O) groups excluding carboxylic acids is 1. The highest BCUT2D eigenvalue weighted by atomic mass is 16.3. The van der Waals surface area contributed by atoms with E-state index in [0.717, 1.165) is 50.7 Å². The average Bonchev–Trinajstić information content (AvgIpc) is 3.31. The fraction of sp³-hybridized carbons (Fsp3) is 0.611. The number of aromatic nitrogens is 3. The lowest BCUT2D eigenvalue weighted by atomic mass is 9.89. The van der Waals surface area contributed by atoms with Gasteiger partial charge in [-0.25, -0.2) is 0 Å². The summed E-state index contributed by atoms with van der Waals surface area (Å²) < 4.78 is 7.49. The van der Waals surface area contributed by atoms with E-state index in [1.165, 1.54) is 0 Å². The zero-order chi connectivity index (χ0) is 18.1. The Balaban J connectivity index is 1.39. The Morgan fingerprint density at radius 1 is 1.31 bits per heavy atom. The Hall–Kier alpha value is -2.19. The zero-order valence-corrected chi connectivity index (χ0v) is 15.4. The van der Waals surface area contributed by atoms with Crippen molar-refractivity contribution in [1.82, 2.24) is 29.9 Å². The first-order valence-electron chi connectivity index (χ1n) is 9.20. The quantitative estimate of drug-likeness (QED) is 0.809. The molecule has 26 heavy (non-hydrogen) atoms. The Morgan fingerprint density at radius 3 is 2.92 bits per heavy atom. The molecule has 2 aromatic rings. The highest BCUT2D eigenvalue weighted by Crippen LogP contribution is 2.33. The van der Waals surface area contributed by atoms with Crippen molar-refractivity contribution in [3.8, 4) is 0 Å². The summed E-state index contributed by atoms with van der Waals surface area (Å²) >= 11 is 0. The SMILES string of the molecule is CN(C)CCNC(=O)c1nnc2n1C[C@@H]1CN(Cc3ccco3)C[C@@H]1C2. The van der Waals surface area contributed by atoms with E-state index in [-0.39, 0.29) is 5.91 Å². The van der Waals surface area contributed by atoms with Gasteiger partial charge in [-0.15, -0.1) is 10.2 Å². The van der Waals surface area contributed by atoms with Crippen molar-refractivity contribution in [2.45, 2.75) is 19.5 Å². The number of nitrogens with zero attached hydrogens (tertiary/aromatic N) is 5. The number of carbonyl (C=O) groups is 1. The molecular formula is C18H26N6O2. The van der Waals surface area contributed by atoms with Crippen LogP contribution in [-0.2, 0) is 19.5 Å². The molecule has 4 rings (SSSR count). The summed E-state index contributed by atoms with van der Waals surface area (Å²) in [6, 6.07) is 3.95. The van der Waals surface area contributed by atoms with Crippen molar-refractivity contribution in [1.29, 1.82) is 0 Å². The van der Waals surface area contributed by atoms with Gasteiger partial charge in [0.05, 0.1) is 12.8 Å². The van der Waals surface area contributed by atoms with Gasteiger partial charge in [0.25, 0.3) is 5.91 Å². The first-order valence-corrected chi connectivity index (χ1v) is 9.20. The van der Waals surface area contributed by atoms with Crippen LogP contribution in [0, 0.1) is 11.8 Å². The predicted octanol–water partition coefficient (Wildman–Crippen LogP) is 0.467. The molecule has 1 fully saturated rings. The van der Waals surface area contributed by atoms with E-state index in [2.05, 4.69) is 20.4 Å². The fourth-order valence-electron chi connectivity index (χ4n) is 4.01. The summed E-state index contributed by atoms with van der Waals surface area (Å²) in [6.07, 6.45) is 2.61. The van der Waals surface area contributed by atoms with Gasteiger partial charge in [-0.3, -0.25) is 9.69 Å². The molecule has 0 unspecified atom stereocenters. The van der Waals surface area contributed by atoms with Crippen LogP contribution in [0.15, 0.2) is 22.8 Å². The highest BCUT2D eigenvalue weighted by Gasteiger charge is 2.39. The predicted molar refractivity (Wildman–Crippen MR) is 95.6 cm³/mol. The largest absolute Gasteiger partial charge is 0.468 e. The van der Waals surface area contributed by atoms with Gasteiger partial charge in [0.2, 0.25) is 5.82 Å². The average molecular weight is 358 g/mol. The second-order valence-corrected chi connectivity index (χ2v) is 7.61. The van der Waals surface area contributed by atoms with E-state index >= 15 is 0 Å². The van der Waals surface area contributed by atoms with Crippen LogP contribution in [0.2, 0.25) is 0 Å². The first-order chi connectivity index (χ1) is 12.6. The summed E-state index contributed by atoms with van der Waals surface area (Å²) in [4.78, 5) is 16.9. The lowest BCUT2D eigenvalue weighted by molar-refractivity contribution is 0.0932. The summed E-state index contributed by atoms with van der Waals surface area (Å²) in [5.74, 6) is 3.36. The molecule has 0 aromatic carbocycles. The molecule has 0 bridgehead atoms. The van der Waals surface area contributed by atoms with Gasteiger partial charge in [-0.2, -0.15) is 0 Å². The molecule has 8 heteroatoms. The van der Waals surface area contributed by atoms with E-state index < -0.39 is 0 Å². The molecular weight excluding hydrogens is 332 g/mol. The van der Waals surface area contributed by atoms with Crippen molar-refractivity contribution >= 4 is 5.91 Å². The number of nitrogens with one attached hydrogen (secondary N) is 1. The molecule has 1 saturated heterocycles. The third kappa shape index (κ3) is 3.52. The molecule has 140 valence electrons. The molecule has 0 aliphatic carbocycles. The van der Waals surface area contributed by atoms with Crippen molar-refractivity contribution in [2.24, 2.45) is 11.8 Å². The smallest absolute Gasteiger partial charge is 0.289 e. The number of rotatable bonds is 6. The maximum atomic E-state index is 12.5. The van der Waals surface area contributed by atoms with E-state index in [9.17, 15) is 4.79 Å². The van der Waals surface area contributed by atoms with Gasteiger partial charge in [0, 0.05) is 39.1 Å². The molecule has 2 aromatic heterocycles. The van der Waals surface area contributed by atoms with Crippen molar-refractivity contribution in [3.05, 3.63) is 35.8 Å². The van der Waals surface area contributed by atoms with Crippen LogP contribution in [0.4, 0.5) is 0 Å². The molecule has 1 amide bonds. The number of hydrogen-bond donors (Lipinski definition) is 1. The lowest BCUT2D eigenvalue weighted by Crippen LogP contribution is -2.35. The van der Waals surface area contributed by atoms with Crippen LogP contribution in [-0.4, -0.2) is 70.7 Å². The van der Waals surface area contributed by atoms with E-state index in [1.54, 1.807) is 6.26 Å². The van der Waals surface area contributed by atoms with Crippen LogP contribution in [0.25, 0.3) is 0 Å². The van der Waals surface area contributed by atoms with Gasteiger partial charge in [-0.1, -0.05) is 0 Å². The number of hydrogen-bond acceptors (Lipinski definition) is 6. The van der Waals surface area contributed by atoms with Gasteiger partial charge >= 0.3 is 0 Å². The molecule has 1 N–H and O–H groups in total. The molecule has 2 aliphatic rings. The second kappa shape index (κ2) is 7.20. The summed E-state index contributed by atoms with van der Waals surface area (Å²) in [5, 5.41) is 11.4. The number of likely N-dealkylation sites (N-methyl/N-ethyl adjacent to an activating group) is 1. The lowest BCUT2D eigenvalue weighted by Gasteiger charge is -2.25. The number of fused-ring (bicyclic) bond motifs is 2. The standard InChI is InChI=1S/C18H26N6O2/c1-22(2)6-5-19-18(25)17-21-20-16-8-13-9-23(10-14(13)11-24(16)17)12-15-4-3-7-26-15/h3-4,7,13-14H,5-6,8-12H2,1-2H3,(H,19,25)/t13-,14-/m0/s1. The maximum Gasteiger partial charge on any atom is 0.289 e. The summed E-state index contributed by atoms with van der Waals surface area (Å²) in [7, 11) is 3.97. The number of furan rings is 1. The normalized spacial score (nSPS) is 22.4. The second-order valence-electron chi connectivity index (χ2n) is 7.61. The maximum absolute atomic E-state index is 12.5. The molecule has 0 radical (unpaired) electrons. The third-order valence-corrected chi connectivity index (χ3v) is 5.35. The first kappa shape index (κ1) is 17.2. The Morgan fingerprint density at radius 2 is 2.15 bits per heavy atom. The monoisotopic (exact) mass is 358 g/mol. The summed E-state index contributed by atoms with van der Waals surface area (Å²) in [6.45, 7) is 5.14. The Kier molecular flexibility index (Phi) is 4.78. The van der Waals surface area contributed by atoms with Crippen molar-refractivity contribution in [2.75, 3.05) is 40.3 Å². The van der Waals surface area contributed by atoms with Crippen molar-refractivity contribution in [3.63, 3.8) is 0 Å². The van der Waals surface area contributed by atoms with Crippen LogP contribution in [0.1, 0.15) is 22.2 Å². The minimum atomic E-state index is -0.130. The fourth-order valence-corrected chi connectivity index (χ4v) is 4.01. The van der Waals surface area contributed by atoms with Gasteiger partial charge in [0.1, 0.15) is 11.6 Å². The van der Waals surface area contributed by atoms with Crippen LogP contribution < -0.4 is 5.32 Å². The minimum absolute atomic E-state index is 0.130. The van der Waals surface area contributed by atoms with Crippen LogP contribution >= 0.6 is 0 Å². The van der Waals surface area contributed by atoms with Crippen molar-refractivity contribution < 1.29 is 9.21 Å². The van der Waals surface area contributed by atoms with Gasteiger partial charge < -0.3 is 19.2 Å².